The first-order valence-corrected chi connectivity index (χ1v) is 7.16. The molecule has 0 saturated carbocycles. The molecule has 2 unspecified atom stereocenters. The molecule has 17 heavy (non-hydrogen) atoms. The number of hydrogen-bond acceptors (Lipinski definition) is 3. The summed E-state index contributed by atoms with van der Waals surface area (Å²) in [5.41, 5.74) is 0. The van der Waals surface area contributed by atoms with Crippen LogP contribution in [-0.4, -0.2) is 50.3 Å². The lowest BCUT2D eigenvalue weighted by molar-refractivity contribution is 0.0264. The summed E-state index contributed by atoms with van der Waals surface area (Å²) in [6.45, 7) is 11.1. The summed E-state index contributed by atoms with van der Waals surface area (Å²) in [5, 5.41) is 3.44. The van der Waals surface area contributed by atoms with Crippen molar-refractivity contribution in [3.63, 3.8) is 0 Å². The molecule has 1 fully saturated rings. The molecule has 0 amide bonds. The highest BCUT2D eigenvalue weighted by Gasteiger charge is 2.25. The third-order valence-electron chi connectivity index (χ3n) is 3.19. The van der Waals surface area contributed by atoms with Gasteiger partial charge in [-0.15, -0.1) is 0 Å². The molecule has 0 aromatic heterocycles. The van der Waals surface area contributed by atoms with Gasteiger partial charge in [-0.1, -0.05) is 20.8 Å². The predicted octanol–water partition coefficient (Wildman–Crippen LogP) is 2.12. The first kappa shape index (κ1) is 14.9. The zero-order valence-electron chi connectivity index (χ0n) is 12.0. The first-order chi connectivity index (χ1) is 8.11. The lowest BCUT2D eigenvalue weighted by Gasteiger charge is -2.23. The second-order valence-electron chi connectivity index (χ2n) is 5.78. The number of likely N-dealkylation sites (N-methyl/N-ethyl adjacent to an activating group) is 1. The standard InChI is InChI=1S/C14H30N2O/c1-5-8-15-9-13-6-7-14(17-13)11-16(4)10-12(2)3/h12-15H,5-11H2,1-4H3. The van der Waals surface area contributed by atoms with Gasteiger partial charge in [0.1, 0.15) is 0 Å². The lowest BCUT2D eigenvalue weighted by atomic mass is 10.1. The zero-order valence-corrected chi connectivity index (χ0v) is 12.0. The topological polar surface area (TPSA) is 24.5 Å². The molecule has 3 nitrogen and oxygen atoms in total. The van der Waals surface area contributed by atoms with Gasteiger partial charge < -0.3 is 15.0 Å². The van der Waals surface area contributed by atoms with Gasteiger partial charge in [-0.3, -0.25) is 0 Å². The van der Waals surface area contributed by atoms with Gasteiger partial charge in [0.05, 0.1) is 12.2 Å². The van der Waals surface area contributed by atoms with E-state index in [1.54, 1.807) is 0 Å². The molecule has 1 N–H and O–H groups in total. The summed E-state index contributed by atoms with van der Waals surface area (Å²) in [6.07, 6.45) is 4.54. The van der Waals surface area contributed by atoms with Crippen molar-refractivity contribution in [2.75, 3.05) is 33.2 Å². The molecule has 0 aliphatic carbocycles. The number of nitrogens with one attached hydrogen (secondary N) is 1. The van der Waals surface area contributed by atoms with E-state index in [2.05, 4.69) is 38.0 Å². The second-order valence-corrected chi connectivity index (χ2v) is 5.78. The molecule has 0 aromatic carbocycles. The first-order valence-electron chi connectivity index (χ1n) is 7.16. The molecule has 0 radical (unpaired) electrons. The summed E-state index contributed by atoms with van der Waals surface area (Å²) in [4.78, 5) is 2.40. The highest BCUT2D eigenvalue weighted by atomic mass is 16.5. The molecule has 1 aliphatic rings. The van der Waals surface area contributed by atoms with E-state index in [0.29, 0.717) is 12.2 Å². The van der Waals surface area contributed by atoms with Crippen molar-refractivity contribution in [3.05, 3.63) is 0 Å². The molecular weight excluding hydrogens is 212 g/mol. The predicted molar refractivity (Wildman–Crippen MR) is 73.4 cm³/mol. The van der Waals surface area contributed by atoms with Gasteiger partial charge in [-0.25, -0.2) is 0 Å². The van der Waals surface area contributed by atoms with Crippen molar-refractivity contribution in [2.24, 2.45) is 5.92 Å². The Morgan fingerprint density at radius 2 is 2.00 bits per heavy atom. The van der Waals surface area contributed by atoms with Crippen LogP contribution in [0.4, 0.5) is 0 Å². The number of hydrogen-bond donors (Lipinski definition) is 1. The van der Waals surface area contributed by atoms with Crippen molar-refractivity contribution in [2.45, 2.75) is 52.2 Å². The van der Waals surface area contributed by atoms with Crippen LogP contribution in [0.5, 0.6) is 0 Å². The van der Waals surface area contributed by atoms with Crippen molar-refractivity contribution < 1.29 is 4.74 Å². The molecular formula is C14H30N2O. The van der Waals surface area contributed by atoms with E-state index in [9.17, 15) is 0 Å². The van der Waals surface area contributed by atoms with Gasteiger partial charge in [0.25, 0.3) is 0 Å². The highest BCUT2D eigenvalue weighted by Crippen LogP contribution is 2.20. The molecule has 3 heteroatoms. The average molecular weight is 242 g/mol. The maximum atomic E-state index is 6.06. The Balaban J connectivity index is 2.12. The smallest absolute Gasteiger partial charge is 0.0707 e. The van der Waals surface area contributed by atoms with Crippen LogP contribution in [0.25, 0.3) is 0 Å². The fourth-order valence-electron chi connectivity index (χ4n) is 2.55. The molecule has 2 atom stereocenters. The maximum Gasteiger partial charge on any atom is 0.0707 e. The minimum atomic E-state index is 0.444. The Kier molecular flexibility index (Phi) is 7.09. The summed E-state index contributed by atoms with van der Waals surface area (Å²) < 4.78 is 6.06. The largest absolute Gasteiger partial charge is 0.372 e. The van der Waals surface area contributed by atoms with E-state index in [4.69, 9.17) is 4.74 Å². The third kappa shape index (κ3) is 6.39. The van der Waals surface area contributed by atoms with E-state index in [1.807, 2.05) is 0 Å². The van der Waals surface area contributed by atoms with Gasteiger partial charge in [0.15, 0.2) is 0 Å². The molecule has 1 saturated heterocycles. The Morgan fingerprint density at radius 1 is 1.29 bits per heavy atom. The van der Waals surface area contributed by atoms with Crippen molar-refractivity contribution in [1.29, 1.82) is 0 Å². The molecule has 0 spiro atoms. The second kappa shape index (κ2) is 8.06. The number of ether oxygens (including phenoxy) is 1. The van der Waals surface area contributed by atoms with Crippen molar-refractivity contribution in [1.82, 2.24) is 10.2 Å². The number of rotatable bonds is 8. The summed E-state index contributed by atoms with van der Waals surface area (Å²) in [7, 11) is 2.20. The average Bonchev–Trinajstić information content (AvgIpc) is 2.64. The normalized spacial score (nSPS) is 25.1. The van der Waals surface area contributed by atoms with Gasteiger partial charge in [0.2, 0.25) is 0 Å². The van der Waals surface area contributed by atoms with Crippen LogP contribution in [0, 0.1) is 5.92 Å². The summed E-state index contributed by atoms with van der Waals surface area (Å²) in [6, 6.07) is 0. The van der Waals surface area contributed by atoms with E-state index in [1.165, 1.54) is 25.8 Å². The fourth-order valence-corrected chi connectivity index (χ4v) is 2.55. The quantitative estimate of drug-likeness (QED) is 0.660. The SMILES string of the molecule is CCCNCC1CCC(CN(C)CC(C)C)O1. The monoisotopic (exact) mass is 242 g/mol. The van der Waals surface area contributed by atoms with Crippen LogP contribution in [0.2, 0.25) is 0 Å². The van der Waals surface area contributed by atoms with Crippen LogP contribution >= 0.6 is 0 Å². The van der Waals surface area contributed by atoms with E-state index in [-0.39, 0.29) is 0 Å². The minimum Gasteiger partial charge on any atom is -0.372 e. The van der Waals surface area contributed by atoms with Crippen molar-refractivity contribution in [3.8, 4) is 0 Å². The Morgan fingerprint density at radius 3 is 2.65 bits per heavy atom. The van der Waals surface area contributed by atoms with Crippen LogP contribution in [0.15, 0.2) is 0 Å². The van der Waals surface area contributed by atoms with Crippen LogP contribution in [-0.2, 0) is 4.74 Å². The summed E-state index contributed by atoms with van der Waals surface area (Å²) >= 11 is 0. The van der Waals surface area contributed by atoms with Gasteiger partial charge >= 0.3 is 0 Å². The molecule has 102 valence electrons. The summed E-state index contributed by atoms with van der Waals surface area (Å²) in [5.74, 6) is 0.739. The van der Waals surface area contributed by atoms with Gasteiger partial charge in [-0.05, 0) is 38.8 Å². The number of nitrogens with zero attached hydrogens (tertiary/aromatic N) is 1. The highest BCUT2D eigenvalue weighted by molar-refractivity contribution is 4.77. The molecule has 1 rings (SSSR count). The Hall–Kier alpha value is -0.120. The van der Waals surface area contributed by atoms with Crippen LogP contribution in [0.3, 0.4) is 0 Å². The Bertz CT molecular complexity index is 197. The van der Waals surface area contributed by atoms with E-state index < -0.39 is 0 Å². The zero-order chi connectivity index (χ0) is 12.7. The molecule has 1 aliphatic heterocycles. The van der Waals surface area contributed by atoms with Gasteiger partial charge in [-0.2, -0.15) is 0 Å². The molecule has 0 bridgehead atoms. The molecule has 1 heterocycles. The minimum absolute atomic E-state index is 0.444. The van der Waals surface area contributed by atoms with Gasteiger partial charge in [0, 0.05) is 19.6 Å². The van der Waals surface area contributed by atoms with Crippen molar-refractivity contribution >= 4 is 0 Å². The van der Waals surface area contributed by atoms with E-state index in [0.717, 1.165) is 25.6 Å². The van der Waals surface area contributed by atoms with Crippen LogP contribution in [0.1, 0.15) is 40.0 Å². The Labute approximate surface area is 107 Å². The van der Waals surface area contributed by atoms with E-state index >= 15 is 0 Å². The van der Waals surface area contributed by atoms with Crippen LogP contribution < -0.4 is 5.32 Å². The fraction of sp³-hybridized carbons (Fsp3) is 1.00. The maximum absolute atomic E-state index is 6.06. The molecule has 0 aromatic rings. The lowest BCUT2D eigenvalue weighted by Crippen LogP contribution is -2.33. The third-order valence-corrected chi connectivity index (χ3v) is 3.19.